The first-order valence-corrected chi connectivity index (χ1v) is 9.18. The van der Waals surface area contributed by atoms with Gasteiger partial charge in [0.1, 0.15) is 5.75 Å². The van der Waals surface area contributed by atoms with Crippen LogP contribution in [-0.4, -0.2) is 55.7 Å². The van der Waals surface area contributed by atoms with Crippen molar-refractivity contribution in [3.05, 3.63) is 60.2 Å². The fourth-order valence-electron chi connectivity index (χ4n) is 3.35. The van der Waals surface area contributed by atoms with Crippen molar-refractivity contribution in [3.8, 4) is 5.75 Å². The van der Waals surface area contributed by atoms with Crippen LogP contribution in [0.1, 0.15) is 12.5 Å². The Balaban J connectivity index is 1.60. The molecule has 0 aliphatic carbocycles. The maximum Gasteiger partial charge on any atom is 0.320 e. The molecule has 2 aromatic rings. The summed E-state index contributed by atoms with van der Waals surface area (Å²) < 4.78 is 5.46. The maximum atomic E-state index is 12.9. The van der Waals surface area contributed by atoms with Crippen molar-refractivity contribution in [3.63, 3.8) is 0 Å². The van der Waals surface area contributed by atoms with Crippen molar-refractivity contribution in [2.45, 2.75) is 13.5 Å². The second-order valence-electron chi connectivity index (χ2n) is 6.43. The Morgan fingerprint density at radius 2 is 1.65 bits per heavy atom. The topological polar surface area (TPSA) is 36.0 Å². The Kier molecular flexibility index (Phi) is 6.00. The van der Waals surface area contributed by atoms with E-state index in [0.717, 1.165) is 43.2 Å². The number of benzene rings is 2. The van der Waals surface area contributed by atoms with Gasteiger partial charge in [-0.2, -0.15) is 0 Å². The number of ether oxygens (including phenoxy) is 1. The van der Waals surface area contributed by atoms with Crippen molar-refractivity contribution in [1.29, 1.82) is 0 Å². The molecule has 1 heterocycles. The molecule has 2 amide bonds. The highest BCUT2D eigenvalue weighted by Gasteiger charge is 2.25. The molecule has 0 unspecified atom stereocenters. The molecule has 3 rings (SSSR count). The molecule has 138 valence electrons. The average molecular weight is 353 g/mol. The second kappa shape index (κ2) is 8.61. The van der Waals surface area contributed by atoms with Crippen molar-refractivity contribution < 1.29 is 9.53 Å². The predicted octanol–water partition coefficient (Wildman–Crippen LogP) is 3.46. The third kappa shape index (κ3) is 4.10. The molecule has 1 saturated heterocycles. The molecule has 1 fully saturated rings. The number of rotatable bonds is 5. The van der Waals surface area contributed by atoms with E-state index in [1.807, 2.05) is 53.1 Å². The van der Waals surface area contributed by atoms with Gasteiger partial charge in [0, 0.05) is 39.3 Å². The van der Waals surface area contributed by atoms with Gasteiger partial charge >= 0.3 is 6.03 Å². The Morgan fingerprint density at radius 3 is 2.31 bits per heavy atom. The first-order chi connectivity index (χ1) is 12.7. The van der Waals surface area contributed by atoms with E-state index in [1.54, 1.807) is 7.11 Å². The van der Waals surface area contributed by atoms with Gasteiger partial charge in [0.25, 0.3) is 0 Å². The van der Waals surface area contributed by atoms with Gasteiger partial charge in [-0.1, -0.05) is 42.5 Å². The number of carbonyl (C=O) groups excluding carboxylic acids is 1. The lowest BCUT2D eigenvalue weighted by molar-refractivity contribution is 0.149. The van der Waals surface area contributed by atoms with Gasteiger partial charge in [-0.15, -0.1) is 0 Å². The first kappa shape index (κ1) is 18.1. The maximum absolute atomic E-state index is 12.9. The SMILES string of the molecule is CCN(Cc1ccccc1)C(=O)N1CCN(c2ccccc2OC)CC1. The minimum atomic E-state index is 0.121. The van der Waals surface area contributed by atoms with E-state index in [-0.39, 0.29) is 6.03 Å². The number of amides is 2. The number of hydrogen-bond acceptors (Lipinski definition) is 3. The zero-order chi connectivity index (χ0) is 18.4. The average Bonchev–Trinajstić information content (AvgIpc) is 2.72. The third-order valence-corrected chi connectivity index (χ3v) is 4.84. The minimum absolute atomic E-state index is 0.121. The summed E-state index contributed by atoms with van der Waals surface area (Å²) in [6.45, 7) is 6.48. The van der Waals surface area contributed by atoms with Gasteiger partial charge in [-0.25, -0.2) is 4.79 Å². The van der Waals surface area contributed by atoms with Crippen LogP contribution in [0.15, 0.2) is 54.6 Å². The summed E-state index contributed by atoms with van der Waals surface area (Å²) >= 11 is 0. The fourth-order valence-corrected chi connectivity index (χ4v) is 3.35. The zero-order valence-electron chi connectivity index (χ0n) is 15.6. The summed E-state index contributed by atoms with van der Waals surface area (Å²) in [7, 11) is 1.70. The number of methoxy groups -OCH3 is 1. The van der Waals surface area contributed by atoms with E-state index < -0.39 is 0 Å². The van der Waals surface area contributed by atoms with Gasteiger partial charge in [0.2, 0.25) is 0 Å². The molecule has 2 aromatic carbocycles. The number of anilines is 1. The number of para-hydroxylation sites is 2. The van der Waals surface area contributed by atoms with Gasteiger partial charge in [-0.3, -0.25) is 0 Å². The quantitative estimate of drug-likeness (QED) is 0.826. The Hall–Kier alpha value is -2.69. The number of urea groups is 1. The zero-order valence-corrected chi connectivity index (χ0v) is 15.6. The third-order valence-electron chi connectivity index (χ3n) is 4.84. The van der Waals surface area contributed by atoms with Crippen LogP contribution in [0.2, 0.25) is 0 Å². The van der Waals surface area contributed by atoms with Crippen LogP contribution in [0.25, 0.3) is 0 Å². The number of hydrogen-bond donors (Lipinski definition) is 0. The fraction of sp³-hybridized carbons (Fsp3) is 0.381. The van der Waals surface area contributed by atoms with Crippen molar-refractivity contribution in [2.24, 2.45) is 0 Å². The molecule has 1 aliphatic rings. The summed E-state index contributed by atoms with van der Waals surface area (Å²) in [5.41, 5.74) is 2.26. The van der Waals surface area contributed by atoms with E-state index in [1.165, 1.54) is 0 Å². The van der Waals surface area contributed by atoms with Crippen LogP contribution in [0.4, 0.5) is 10.5 Å². The minimum Gasteiger partial charge on any atom is -0.495 e. The summed E-state index contributed by atoms with van der Waals surface area (Å²) in [4.78, 5) is 19.1. The lowest BCUT2D eigenvalue weighted by Gasteiger charge is -2.38. The molecular formula is C21H27N3O2. The molecule has 5 heteroatoms. The monoisotopic (exact) mass is 353 g/mol. The van der Waals surface area contributed by atoms with Gasteiger partial charge < -0.3 is 19.4 Å². The Bertz CT molecular complexity index is 712. The molecule has 0 aromatic heterocycles. The van der Waals surface area contributed by atoms with Crippen LogP contribution in [0.5, 0.6) is 5.75 Å². The smallest absolute Gasteiger partial charge is 0.320 e. The van der Waals surface area contributed by atoms with E-state index in [2.05, 4.69) is 23.1 Å². The van der Waals surface area contributed by atoms with Crippen LogP contribution in [0.3, 0.4) is 0 Å². The van der Waals surface area contributed by atoms with E-state index in [9.17, 15) is 4.79 Å². The normalized spacial score (nSPS) is 14.2. The van der Waals surface area contributed by atoms with Gasteiger partial charge in [-0.05, 0) is 24.6 Å². The van der Waals surface area contributed by atoms with Crippen LogP contribution >= 0.6 is 0 Å². The molecule has 1 aliphatic heterocycles. The van der Waals surface area contributed by atoms with Crippen molar-refractivity contribution >= 4 is 11.7 Å². The lowest BCUT2D eigenvalue weighted by Crippen LogP contribution is -2.52. The molecule has 0 radical (unpaired) electrons. The molecule has 0 spiro atoms. The number of carbonyl (C=O) groups is 1. The number of nitrogens with zero attached hydrogens (tertiary/aromatic N) is 3. The predicted molar refractivity (Wildman–Crippen MR) is 105 cm³/mol. The second-order valence-corrected chi connectivity index (χ2v) is 6.43. The van der Waals surface area contributed by atoms with Gasteiger partial charge in [0.05, 0.1) is 12.8 Å². The molecule has 0 bridgehead atoms. The van der Waals surface area contributed by atoms with E-state index in [4.69, 9.17) is 4.74 Å². The summed E-state index contributed by atoms with van der Waals surface area (Å²) in [5.74, 6) is 0.881. The summed E-state index contributed by atoms with van der Waals surface area (Å²) in [6, 6.07) is 18.3. The molecule has 0 N–H and O–H groups in total. The highest BCUT2D eigenvalue weighted by atomic mass is 16.5. The number of piperazine rings is 1. The lowest BCUT2D eigenvalue weighted by atomic mass is 10.2. The Labute approximate surface area is 155 Å². The molecule has 5 nitrogen and oxygen atoms in total. The van der Waals surface area contributed by atoms with Crippen LogP contribution < -0.4 is 9.64 Å². The largest absolute Gasteiger partial charge is 0.495 e. The molecule has 0 atom stereocenters. The van der Waals surface area contributed by atoms with E-state index >= 15 is 0 Å². The van der Waals surface area contributed by atoms with Gasteiger partial charge in [0.15, 0.2) is 0 Å². The summed E-state index contributed by atoms with van der Waals surface area (Å²) in [5, 5.41) is 0. The highest BCUT2D eigenvalue weighted by molar-refractivity contribution is 5.75. The molecule has 26 heavy (non-hydrogen) atoms. The standard InChI is InChI=1S/C21H27N3O2/c1-3-22(17-18-9-5-4-6-10-18)21(25)24-15-13-23(14-16-24)19-11-7-8-12-20(19)26-2/h4-12H,3,13-17H2,1-2H3. The Morgan fingerprint density at radius 1 is 1.00 bits per heavy atom. The molecular weight excluding hydrogens is 326 g/mol. The first-order valence-electron chi connectivity index (χ1n) is 9.18. The summed E-state index contributed by atoms with van der Waals surface area (Å²) in [6.07, 6.45) is 0. The highest BCUT2D eigenvalue weighted by Crippen LogP contribution is 2.28. The van der Waals surface area contributed by atoms with Crippen molar-refractivity contribution in [2.75, 3.05) is 44.7 Å². The van der Waals surface area contributed by atoms with E-state index in [0.29, 0.717) is 13.1 Å². The molecule has 0 saturated carbocycles. The van der Waals surface area contributed by atoms with Crippen molar-refractivity contribution in [1.82, 2.24) is 9.80 Å². The van der Waals surface area contributed by atoms with Crippen LogP contribution in [-0.2, 0) is 6.54 Å². The van der Waals surface area contributed by atoms with Crippen LogP contribution in [0, 0.1) is 0 Å².